The lowest BCUT2D eigenvalue weighted by atomic mass is 10.0. The molecule has 6 rings (SSSR count). The van der Waals surface area contributed by atoms with Crippen LogP contribution in [0.5, 0.6) is 0 Å². The summed E-state index contributed by atoms with van der Waals surface area (Å²) < 4.78 is 9.49. The second-order valence-corrected chi connectivity index (χ2v) is 14.5. The zero-order valence-corrected chi connectivity index (χ0v) is 34.0. The van der Waals surface area contributed by atoms with Crippen LogP contribution in [0.25, 0.3) is 22.3 Å². The fourth-order valence-electron chi connectivity index (χ4n) is 7.18. The Labute approximate surface area is 339 Å². The molecule has 16 heteroatoms. The zero-order chi connectivity index (χ0) is 38.5. The highest BCUT2D eigenvalue weighted by molar-refractivity contribution is 5.87. The van der Waals surface area contributed by atoms with Gasteiger partial charge >= 0.3 is 12.2 Å². The summed E-state index contributed by atoms with van der Waals surface area (Å²) in [5.74, 6) is 7.40. The van der Waals surface area contributed by atoms with Crippen LogP contribution < -0.4 is 10.6 Å². The summed E-state index contributed by atoms with van der Waals surface area (Å²) in [6.07, 6.45) is 3.74. The van der Waals surface area contributed by atoms with Gasteiger partial charge in [-0.3, -0.25) is 9.59 Å². The second-order valence-electron chi connectivity index (χ2n) is 14.5. The lowest BCUT2D eigenvalue weighted by Gasteiger charge is -2.30. The van der Waals surface area contributed by atoms with Gasteiger partial charge in [-0.15, -0.1) is 24.8 Å². The van der Waals surface area contributed by atoms with Gasteiger partial charge in [-0.1, -0.05) is 51.7 Å². The molecule has 0 bridgehead atoms. The molecule has 14 nitrogen and oxygen atoms in total. The Morgan fingerprint density at radius 1 is 0.750 bits per heavy atom. The molecule has 0 aliphatic carbocycles. The van der Waals surface area contributed by atoms with E-state index >= 15 is 0 Å². The molecule has 0 spiro atoms. The van der Waals surface area contributed by atoms with Crippen LogP contribution >= 0.6 is 24.8 Å². The quantitative estimate of drug-likeness (QED) is 0.143. The standard InChI is InChI=1S/C40H48N8O6.2ClH/c1-23(2)33(45-39(51)53-5)37(49)47-19-7-9-31(47)35-41-22-30(44-35)27-16-13-25(14-17-27)11-12-26-15-18-28-29(21-26)43-36(42-28)32-10-8-20-48(32)38(50)34(24(3)4)46-40(52)54-6;;/h13-18,21-24,31-34H,7-10,19-20H2,1-6H3,(H,41,44)(H,42,43)(H,45,51)(H,46,52);2*1H/t31-,32-,33-,34-;;/m0../s1. The van der Waals surface area contributed by atoms with Gasteiger partial charge in [0.05, 0.1) is 49.2 Å². The average molecular weight is 810 g/mol. The number of hydrogen-bond acceptors (Lipinski definition) is 8. The number of benzene rings is 2. The Kier molecular flexibility index (Phi) is 14.8. The van der Waals surface area contributed by atoms with E-state index in [0.717, 1.165) is 59.1 Å². The van der Waals surface area contributed by atoms with Crippen molar-refractivity contribution < 1.29 is 28.7 Å². The van der Waals surface area contributed by atoms with Crippen molar-refractivity contribution in [1.29, 1.82) is 0 Å². The maximum atomic E-state index is 13.5. The minimum atomic E-state index is -0.697. The van der Waals surface area contributed by atoms with E-state index in [1.54, 1.807) is 16.0 Å². The number of rotatable bonds is 9. The third kappa shape index (κ3) is 9.57. The van der Waals surface area contributed by atoms with E-state index in [4.69, 9.17) is 14.5 Å². The number of halogens is 2. The number of alkyl carbamates (subject to hydrolysis) is 2. The van der Waals surface area contributed by atoms with E-state index in [0.29, 0.717) is 24.7 Å². The van der Waals surface area contributed by atoms with Crippen molar-refractivity contribution >= 4 is 59.8 Å². The monoisotopic (exact) mass is 808 g/mol. The van der Waals surface area contributed by atoms with Crippen LogP contribution in [0.2, 0.25) is 0 Å². The van der Waals surface area contributed by atoms with Crippen molar-refractivity contribution in [2.45, 2.75) is 77.5 Å². The van der Waals surface area contributed by atoms with Crippen molar-refractivity contribution in [3.05, 3.63) is 71.4 Å². The molecule has 0 unspecified atom stereocenters. The SMILES string of the molecule is COC(=O)N[C@H](C(=O)N1CCC[C@H]1c1ncc(-c2ccc(C#Cc3ccc4nc([C@@H]5CCCN5C(=O)[C@@H](NC(=O)OC)C(C)C)[nH]c4c3)cc2)[nH]1)C(C)C.Cl.Cl. The van der Waals surface area contributed by atoms with Crippen LogP contribution in [0.1, 0.15) is 88.2 Å². The molecule has 4 atom stereocenters. The minimum Gasteiger partial charge on any atom is -0.453 e. The second kappa shape index (κ2) is 19.1. The predicted molar refractivity (Wildman–Crippen MR) is 216 cm³/mol. The third-order valence-electron chi connectivity index (χ3n) is 10.1. The van der Waals surface area contributed by atoms with Crippen LogP contribution in [0.3, 0.4) is 0 Å². The number of methoxy groups -OCH3 is 2. The number of H-pyrrole nitrogens is 2. The molecule has 2 aromatic heterocycles. The number of hydrogen-bond donors (Lipinski definition) is 4. The number of nitrogens with one attached hydrogen (secondary N) is 4. The van der Waals surface area contributed by atoms with Crippen LogP contribution in [-0.2, 0) is 19.1 Å². The Hall–Kier alpha value is -5.26. The molecule has 300 valence electrons. The average Bonchev–Trinajstić information content (AvgIpc) is 4.00. The molecular weight excluding hydrogens is 759 g/mol. The number of imidazole rings is 2. The number of carbonyl (C=O) groups is 4. The van der Waals surface area contributed by atoms with Gasteiger partial charge in [-0.2, -0.15) is 0 Å². The van der Waals surface area contributed by atoms with Crippen LogP contribution in [0.4, 0.5) is 9.59 Å². The molecule has 4 heterocycles. The highest BCUT2D eigenvalue weighted by atomic mass is 35.5. The van der Waals surface area contributed by atoms with Gasteiger partial charge in [0, 0.05) is 24.2 Å². The Morgan fingerprint density at radius 2 is 1.27 bits per heavy atom. The summed E-state index contributed by atoms with van der Waals surface area (Å²) in [6, 6.07) is 11.9. The van der Waals surface area contributed by atoms with E-state index in [1.807, 2.05) is 70.2 Å². The highest BCUT2D eigenvalue weighted by Crippen LogP contribution is 2.34. The smallest absolute Gasteiger partial charge is 0.407 e. The van der Waals surface area contributed by atoms with Crippen LogP contribution in [0, 0.1) is 23.7 Å². The van der Waals surface area contributed by atoms with Gasteiger partial charge in [0.15, 0.2) is 0 Å². The van der Waals surface area contributed by atoms with E-state index in [9.17, 15) is 19.2 Å². The third-order valence-corrected chi connectivity index (χ3v) is 10.1. The summed E-state index contributed by atoms with van der Waals surface area (Å²) in [6.45, 7) is 8.75. The molecule has 4 aromatic rings. The molecule has 56 heavy (non-hydrogen) atoms. The number of carbonyl (C=O) groups excluding carboxylic acids is 4. The molecule has 4 amide bonds. The lowest BCUT2D eigenvalue weighted by Crippen LogP contribution is -2.51. The number of ether oxygens (including phenoxy) is 2. The highest BCUT2D eigenvalue weighted by Gasteiger charge is 2.39. The maximum absolute atomic E-state index is 13.5. The first kappa shape index (κ1) is 43.5. The number of aromatic amines is 2. The van der Waals surface area contributed by atoms with Gasteiger partial charge in [0.1, 0.15) is 23.7 Å². The molecule has 2 aromatic carbocycles. The normalized spacial score (nSPS) is 17.4. The minimum absolute atomic E-state index is 0. The maximum Gasteiger partial charge on any atom is 0.407 e. The molecular formula is C40H50Cl2N8O6. The van der Waals surface area contributed by atoms with Crippen LogP contribution in [-0.4, -0.2) is 93.1 Å². The van der Waals surface area contributed by atoms with Gasteiger partial charge in [-0.25, -0.2) is 19.6 Å². The van der Waals surface area contributed by atoms with E-state index < -0.39 is 24.3 Å². The number of likely N-dealkylation sites (tertiary alicyclic amines) is 2. The molecule has 2 aliphatic rings. The first-order valence-electron chi connectivity index (χ1n) is 18.4. The van der Waals surface area contributed by atoms with Crippen LogP contribution in [0.15, 0.2) is 48.7 Å². The zero-order valence-electron chi connectivity index (χ0n) is 32.4. The number of amides is 4. The summed E-state index contributed by atoms with van der Waals surface area (Å²) in [4.78, 5) is 70.8. The van der Waals surface area contributed by atoms with Gasteiger partial charge in [-0.05, 0) is 73.4 Å². The van der Waals surface area contributed by atoms with Gasteiger partial charge < -0.3 is 39.9 Å². The Balaban J connectivity index is 0.00000348. The molecule has 0 radical (unpaired) electrons. The first-order valence-corrected chi connectivity index (χ1v) is 18.4. The van der Waals surface area contributed by atoms with Crippen molar-refractivity contribution in [3.8, 4) is 23.1 Å². The number of fused-ring (bicyclic) bond motifs is 1. The molecule has 2 fully saturated rings. The van der Waals surface area contributed by atoms with Crippen molar-refractivity contribution in [1.82, 2.24) is 40.4 Å². The van der Waals surface area contributed by atoms with Crippen molar-refractivity contribution in [2.75, 3.05) is 27.3 Å². The summed E-state index contributed by atoms with van der Waals surface area (Å²) in [5, 5.41) is 5.37. The first-order chi connectivity index (χ1) is 26.0. The number of aromatic nitrogens is 4. The predicted octanol–water partition coefficient (Wildman–Crippen LogP) is 6.28. The van der Waals surface area contributed by atoms with Crippen molar-refractivity contribution in [3.63, 3.8) is 0 Å². The fraction of sp³-hybridized carbons (Fsp3) is 0.450. The fourth-order valence-corrected chi connectivity index (χ4v) is 7.18. The Morgan fingerprint density at radius 3 is 1.80 bits per heavy atom. The molecule has 2 aliphatic heterocycles. The topological polar surface area (TPSA) is 175 Å². The van der Waals surface area contributed by atoms with E-state index in [2.05, 4.69) is 37.4 Å². The van der Waals surface area contributed by atoms with Gasteiger partial charge in [0.2, 0.25) is 11.8 Å². The molecule has 2 saturated heterocycles. The summed E-state index contributed by atoms with van der Waals surface area (Å²) >= 11 is 0. The number of nitrogens with zero attached hydrogens (tertiary/aromatic N) is 4. The largest absolute Gasteiger partial charge is 0.453 e. The molecule has 4 N–H and O–H groups in total. The lowest BCUT2D eigenvalue weighted by molar-refractivity contribution is -0.136. The summed E-state index contributed by atoms with van der Waals surface area (Å²) in [7, 11) is 2.57. The van der Waals surface area contributed by atoms with E-state index in [-0.39, 0.29) is 60.5 Å². The Bertz CT molecular complexity index is 2070. The summed E-state index contributed by atoms with van der Waals surface area (Å²) in [5.41, 5.74) is 5.05. The van der Waals surface area contributed by atoms with E-state index in [1.165, 1.54) is 14.2 Å². The van der Waals surface area contributed by atoms with Gasteiger partial charge in [0.25, 0.3) is 0 Å². The van der Waals surface area contributed by atoms with Crippen molar-refractivity contribution in [2.24, 2.45) is 11.8 Å². The molecule has 0 saturated carbocycles.